The van der Waals surface area contributed by atoms with Gasteiger partial charge in [0.25, 0.3) is 11.8 Å². The fourth-order valence-electron chi connectivity index (χ4n) is 12.3. The number of nitrogens with zero attached hydrogens (tertiary/aromatic N) is 12. The first kappa shape index (κ1) is 73.6. The van der Waals surface area contributed by atoms with Crippen LogP contribution in [-0.2, 0) is 34.0 Å². The third-order valence-corrected chi connectivity index (χ3v) is 25.0. The van der Waals surface area contributed by atoms with E-state index in [2.05, 4.69) is 96.4 Å². The number of benzene rings is 3. The van der Waals surface area contributed by atoms with Crippen molar-refractivity contribution >= 4 is 171 Å². The van der Waals surface area contributed by atoms with Crippen molar-refractivity contribution in [3.8, 4) is 17.2 Å². The maximum Gasteiger partial charge on any atom is 0.251 e. The molecule has 3 aromatic carbocycles. The van der Waals surface area contributed by atoms with Gasteiger partial charge in [-0.2, -0.15) is 0 Å². The van der Waals surface area contributed by atoms with Crippen molar-refractivity contribution in [2.24, 2.45) is 17.8 Å². The summed E-state index contributed by atoms with van der Waals surface area (Å²) in [6.45, 7) is 11.7. The second-order valence-electron chi connectivity index (χ2n) is 24.2. The Morgan fingerprint density at radius 2 is 0.763 bits per heavy atom. The number of nitrogen functional groups attached to an aromatic ring is 3. The van der Waals surface area contributed by atoms with Gasteiger partial charge in [-0.25, -0.2) is 29.9 Å². The second kappa shape index (κ2) is 34.3. The summed E-state index contributed by atoms with van der Waals surface area (Å²) in [7, 11) is 5.01. The van der Waals surface area contributed by atoms with Gasteiger partial charge < -0.3 is 70.0 Å². The minimum Gasteiger partial charge on any atom is -0.497 e. The third kappa shape index (κ3) is 18.5. The smallest absolute Gasteiger partial charge is 0.251 e. The molecule has 97 heavy (non-hydrogen) atoms. The van der Waals surface area contributed by atoms with Crippen molar-refractivity contribution in [2.75, 3.05) is 77.8 Å². The van der Waals surface area contributed by atoms with Gasteiger partial charge in [0.05, 0.1) is 37.9 Å². The maximum atomic E-state index is 12.1. The highest BCUT2D eigenvalue weighted by molar-refractivity contribution is 14.1. The highest BCUT2D eigenvalue weighted by Crippen LogP contribution is 2.41. The number of imidazole rings is 3. The molecule has 0 saturated carbocycles. The SMILES string of the molecule is COc1ccc(I)c(Sc2nc3c(N)nccc3n2CCC2CCN(C(=O)[C@@H](C)O)CC2)c1.COc1ccc(I)c(Sc2nc3c(N)nccc3n2CCC2CCN(C(=O)[C@H](C)O)CC2)c1.COc1ccc(I)c(Sc2nc3c(N)nccc3n2CCC2CCN(C(C)=O)CC2)c1. The van der Waals surface area contributed by atoms with E-state index in [1.54, 1.807) is 91.9 Å². The molecule has 3 saturated heterocycles. The number of fused-ring (bicyclic) bond motifs is 3. The van der Waals surface area contributed by atoms with Crippen molar-refractivity contribution < 1.29 is 38.8 Å². The molecule has 12 rings (SSSR count). The van der Waals surface area contributed by atoms with E-state index < -0.39 is 12.2 Å². The fourth-order valence-corrected chi connectivity index (χ4v) is 17.2. The van der Waals surface area contributed by atoms with Crippen molar-refractivity contribution in [2.45, 2.75) is 141 Å². The van der Waals surface area contributed by atoms with E-state index in [1.807, 2.05) is 77.7 Å². The minimum atomic E-state index is -0.933. The molecule has 0 radical (unpaired) electrons. The molecule has 0 spiro atoms. The molecule has 8 N–H and O–H groups in total. The van der Waals surface area contributed by atoms with Gasteiger partial charge in [0, 0.05) is 110 Å². The number of halogens is 3. The standard InChI is InChI=1S/2C23H28IN5O3S.C22H26IN5O2S/c2*1-14(30)22(31)28-10-6-15(7-11-28)8-12-29-18-5-9-26-21(25)20(18)27-23(29)33-19-13-16(32-2)3-4-17(19)24;1-14(29)27-10-6-15(7-11-27)8-12-28-18-5-9-25-21(24)20(18)26-22(28)31-19-13-16(30-2)3-4-17(19)23/h2*3-5,9,13-15,30H,6-8,10-12H2,1-2H3,(H2,25,26);3-5,9,13,15H,6-8,10-12H2,1-2H3,(H2,24,25)/t2*14-;/m10./s1. The summed E-state index contributed by atoms with van der Waals surface area (Å²) in [5, 5.41) is 21.8. The van der Waals surface area contributed by atoms with E-state index in [0.29, 0.717) is 61.4 Å². The Morgan fingerprint density at radius 1 is 0.485 bits per heavy atom. The van der Waals surface area contributed by atoms with E-state index in [4.69, 9.17) is 46.4 Å². The first-order chi connectivity index (χ1) is 46.7. The summed E-state index contributed by atoms with van der Waals surface area (Å²) < 4.78 is 26.3. The summed E-state index contributed by atoms with van der Waals surface area (Å²) in [5.41, 5.74) is 23.6. The number of rotatable bonds is 20. The molecule has 2 atom stereocenters. The summed E-state index contributed by atoms with van der Waals surface area (Å²) in [5.74, 6) is 5.18. The van der Waals surface area contributed by atoms with Crippen LogP contribution in [0.2, 0.25) is 0 Å². The lowest BCUT2D eigenvalue weighted by molar-refractivity contribution is -0.141. The number of anilines is 3. The number of hydrogen-bond donors (Lipinski definition) is 5. The highest BCUT2D eigenvalue weighted by Gasteiger charge is 2.29. The van der Waals surface area contributed by atoms with Crippen LogP contribution in [0.15, 0.2) is 122 Å². The number of methoxy groups -OCH3 is 3. The molecule has 3 aliphatic rings. The van der Waals surface area contributed by atoms with Gasteiger partial charge in [-0.05, 0) is 230 Å². The number of aryl methyl sites for hydroxylation is 3. The van der Waals surface area contributed by atoms with Crippen molar-refractivity contribution in [3.63, 3.8) is 0 Å². The molecule has 3 fully saturated rings. The summed E-state index contributed by atoms with van der Waals surface area (Å²) in [6, 6.07) is 24.0. The minimum absolute atomic E-state index is 0.175. The highest BCUT2D eigenvalue weighted by atomic mass is 127. The van der Waals surface area contributed by atoms with Crippen molar-refractivity contribution in [1.82, 2.24) is 58.3 Å². The van der Waals surface area contributed by atoms with Crippen LogP contribution in [0.3, 0.4) is 0 Å². The molecule has 3 aliphatic heterocycles. The molecule has 0 bridgehead atoms. The Labute approximate surface area is 618 Å². The number of aromatic nitrogens is 9. The number of pyridine rings is 3. The topological polar surface area (TPSA) is 299 Å². The molecule has 29 heteroatoms. The first-order valence-corrected chi connectivity index (χ1v) is 37.9. The lowest BCUT2D eigenvalue weighted by Crippen LogP contribution is -2.43. The normalized spacial score (nSPS) is 15.4. The van der Waals surface area contributed by atoms with Gasteiger partial charge in [-0.3, -0.25) is 14.4 Å². The lowest BCUT2D eigenvalue weighted by Gasteiger charge is -2.32. The van der Waals surface area contributed by atoms with E-state index in [1.165, 1.54) is 13.8 Å². The molecule has 23 nitrogen and oxygen atoms in total. The number of likely N-dealkylation sites (tertiary alicyclic amines) is 3. The Bertz CT molecular complexity index is 4050. The van der Waals surface area contributed by atoms with Crippen molar-refractivity contribution in [3.05, 3.63) is 102 Å². The van der Waals surface area contributed by atoms with Crippen LogP contribution in [0.1, 0.15) is 78.6 Å². The summed E-state index contributed by atoms with van der Waals surface area (Å²) in [6.07, 6.45) is 12.2. The van der Waals surface area contributed by atoms with Gasteiger partial charge in [-0.1, -0.05) is 35.3 Å². The molecule has 516 valence electrons. The lowest BCUT2D eigenvalue weighted by atomic mass is 9.93. The van der Waals surface area contributed by atoms with E-state index >= 15 is 0 Å². The van der Waals surface area contributed by atoms with Gasteiger partial charge in [0.2, 0.25) is 5.91 Å². The Morgan fingerprint density at radius 3 is 1.02 bits per heavy atom. The van der Waals surface area contributed by atoms with E-state index in [0.717, 1.165) is 182 Å². The van der Waals surface area contributed by atoms with Crippen LogP contribution in [-0.4, -0.2) is 159 Å². The van der Waals surface area contributed by atoms with Crippen LogP contribution in [0.4, 0.5) is 17.5 Å². The predicted octanol–water partition coefficient (Wildman–Crippen LogP) is 12.0. The molecule has 9 aromatic rings. The van der Waals surface area contributed by atoms with Crippen LogP contribution in [0, 0.1) is 28.5 Å². The summed E-state index contributed by atoms with van der Waals surface area (Å²) >= 11 is 11.8. The first-order valence-electron chi connectivity index (χ1n) is 32.3. The molecule has 0 aliphatic carbocycles. The zero-order chi connectivity index (χ0) is 69.0. The number of carbonyl (C=O) groups is 3. The van der Waals surface area contributed by atoms with Gasteiger partial charge in [-0.15, -0.1) is 0 Å². The van der Waals surface area contributed by atoms with Crippen LogP contribution < -0.4 is 31.4 Å². The number of aliphatic hydroxyl groups is 2. The van der Waals surface area contributed by atoms with Crippen LogP contribution in [0.5, 0.6) is 17.2 Å². The Hall–Kier alpha value is -6.11. The number of piperidine rings is 3. The quantitative estimate of drug-likeness (QED) is 0.0443. The van der Waals surface area contributed by atoms with E-state index in [-0.39, 0.29) is 17.7 Å². The van der Waals surface area contributed by atoms with Gasteiger partial charge in [0.1, 0.15) is 46.0 Å². The number of ether oxygens (including phenoxy) is 3. The Kier molecular flexibility index (Phi) is 26.0. The maximum absolute atomic E-state index is 12.1. The molecule has 3 amide bonds. The summed E-state index contributed by atoms with van der Waals surface area (Å²) in [4.78, 5) is 71.6. The fraction of sp³-hybridized carbons (Fsp3) is 0.426. The average molecular weight is 1710 g/mol. The van der Waals surface area contributed by atoms with Gasteiger partial charge in [0.15, 0.2) is 32.9 Å². The molecule has 0 unspecified atom stereocenters. The zero-order valence-corrected chi connectivity index (χ0v) is 64.0. The largest absolute Gasteiger partial charge is 0.497 e. The molecular weight excluding hydrogens is 1630 g/mol. The van der Waals surface area contributed by atoms with Crippen LogP contribution in [0.25, 0.3) is 33.1 Å². The average Bonchev–Trinajstić information content (AvgIpc) is 1.65. The predicted molar refractivity (Wildman–Crippen MR) is 406 cm³/mol. The number of aliphatic hydroxyl groups excluding tert-OH is 2. The number of amides is 3. The Balaban J connectivity index is 0.000000158. The van der Waals surface area contributed by atoms with E-state index in [9.17, 15) is 24.6 Å². The van der Waals surface area contributed by atoms with Crippen molar-refractivity contribution in [1.29, 1.82) is 0 Å². The number of hydrogen-bond acceptors (Lipinski definition) is 20. The third-order valence-electron chi connectivity index (χ3n) is 17.9. The molecular formula is C68H82I3N15O8S3. The van der Waals surface area contributed by atoms with Gasteiger partial charge >= 0.3 is 0 Å². The monoisotopic (exact) mass is 1710 g/mol. The van der Waals surface area contributed by atoms with Crippen LogP contribution >= 0.6 is 103 Å². The second-order valence-corrected chi connectivity index (χ2v) is 30.7. The number of carbonyl (C=O) groups excluding carboxylic acids is 3. The molecule has 9 heterocycles. The zero-order valence-electron chi connectivity index (χ0n) is 55.1. The number of nitrogens with two attached hydrogens (primary N) is 3. The molecule has 6 aromatic heterocycles.